The molecule has 0 heterocycles. The molecule has 0 bridgehead atoms. The van der Waals surface area contributed by atoms with E-state index in [1.165, 1.54) is 0 Å². The highest BCUT2D eigenvalue weighted by molar-refractivity contribution is 6.32. The molecular weight excluding hydrogens is 242 g/mol. The molecule has 0 amide bonds. The average Bonchev–Trinajstić information content (AvgIpc) is 2.39. The maximum absolute atomic E-state index is 9.28. The molecule has 2 rings (SSSR count). The van der Waals surface area contributed by atoms with Crippen molar-refractivity contribution in [3.05, 3.63) is 70.2 Å². The maximum atomic E-state index is 9.28. The van der Waals surface area contributed by atoms with E-state index in [1.807, 2.05) is 55.5 Å². The number of aryl methyl sites for hydroxylation is 1. The summed E-state index contributed by atoms with van der Waals surface area (Å²) in [5.41, 5.74) is 3.52. The molecular formula is C16H12ClN. The standard InChI is InChI=1S/C16H12ClN/c1-12-6-2-3-7-13(12)10-14(11-18)15-8-4-5-9-16(15)17/h2-10H,1H3. The minimum atomic E-state index is 0.579. The number of halogens is 1. The number of hydrogen-bond donors (Lipinski definition) is 0. The van der Waals surface area contributed by atoms with Crippen LogP contribution in [-0.4, -0.2) is 0 Å². The number of hydrogen-bond acceptors (Lipinski definition) is 1. The Morgan fingerprint density at radius 3 is 2.44 bits per heavy atom. The molecule has 0 aliphatic heterocycles. The van der Waals surface area contributed by atoms with Crippen LogP contribution in [0.4, 0.5) is 0 Å². The summed E-state index contributed by atoms with van der Waals surface area (Å²) in [6.07, 6.45) is 1.87. The molecule has 0 atom stereocenters. The number of benzene rings is 2. The molecule has 0 aromatic heterocycles. The molecule has 0 fully saturated rings. The normalized spacial score (nSPS) is 11.1. The molecule has 0 spiro atoms. The van der Waals surface area contributed by atoms with Gasteiger partial charge in [-0.15, -0.1) is 0 Å². The monoisotopic (exact) mass is 253 g/mol. The van der Waals surface area contributed by atoms with E-state index in [0.717, 1.165) is 16.7 Å². The van der Waals surface area contributed by atoms with Gasteiger partial charge in [-0.05, 0) is 30.2 Å². The van der Waals surface area contributed by atoms with Crippen LogP contribution in [0.3, 0.4) is 0 Å². The van der Waals surface area contributed by atoms with E-state index in [1.54, 1.807) is 6.07 Å². The van der Waals surface area contributed by atoms with Crippen molar-refractivity contribution in [2.45, 2.75) is 6.92 Å². The zero-order valence-corrected chi connectivity index (χ0v) is 10.8. The Kier molecular flexibility index (Phi) is 3.82. The zero-order valence-electron chi connectivity index (χ0n) is 10.0. The van der Waals surface area contributed by atoms with Crippen LogP contribution >= 0.6 is 11.6 Å². The summed E-state index contributed by atoms with van der Waals surface area (Å²) >= 11 is 6.11. The highest BCUT2D eigenvalue weighted by Crippen LogP contribution is 2.25. The lowest BCUT2D eigenvalue weighted by atomic mass is 10.0. The molecule has 88 valence electrons. The Labute approximate surface area is 112 Å². The van der Waals surface area contributed by atoms with Crippen molar-refractivity contribution in [3.63, 3.8) is 0 Å². The third-order valence-corrected chi connectivity index (χ3v) is 3.10. The van der Waals surface area contributed by atoms with E-state index in [4.69, 9.17) is 11.6 Å². The van der Waals surface area contributed by atoms with Crippen molar-refractivity contribution in [2.75, 3.05) is 0 Å². The summed E-state index contributed by atoms with van der Waals surface area (Å²) in [6, 6.07) is 17.5. The summed E-state index contributed by atoms with van der Waals surface area (Å²) in [4.78, 5) is 0. The van der Waals surface area contributed by atoms with E-state index in [9.17, 15) is 5.26 Å². The number of nitrogens with zero attached hydrogens (tertiary/aromatic N) is 1. The van der Waals surface area contributed by atoms with Crippen molar-refractivity contribution >= 4 is 23.3 Å². The van der Waals surface area contributed by atoms with Crippen LogP contribution in [0.1, 0.15) is 16.7 Å². The number of rotatable bonds is 2. The summed E-state index contributed by atoms with van der Waals surface area (Å²) in [6.45, 7) is 2.02. The van der Waals surface area contributed by atoms with Gasteiger partial charge in [-0.2, -0.15) is 5.26 Å². The predicted octanol–water partition coefficient (Wildman–Crippen LogP) is 4.71. The van der Waals surface area contributed by atoms with Gasteiger partial charge in [0, 0.05) is 10.6 Å². The Balaban J connectivity index is 2.52. The second-order valence-corrected chi connectivity index (χ2v) is 4.41. The lowest BCUT2D eigenvalue weighted by molar-refractivity contribution is 1.44. The van der Waals surface area contributed by atoms with Crippen LogP contribution in [0.5, 0.6) is 0 Å². The van der Waals surface area contributed by atoms with E-state index < -0.39 is 0 Å². The molecule has 18 heavy (non-hydrogen) atoms. The fourth-order valence-corrected chi connectivity index (χ4v) is 1.99. The fraction of sp³-hybridized carbons (Fsp3) is 0.0625. The van der Waals surface area contributed by atoms with E-state index >= 15 is 0 Å². The highest BCUT2D eigenvalue weighted by atomic mass is 35.5. The van der Waals surface area contributed by atoms with Crippen LogP contribution in [0.25, 0.3) is 11.6 Å². The number of nitriles is 1. The first-order chi connectivity index (χ1) is 8.72. The maximum Gasteiger partial charge on any atom is 0.0998 e. The second kappa shape index (κ2) is 5.53. The van der Waals surface area contributed by atoms with Gasteiger partial charge < -0.3 is 0 Å². The molecule has 0 aliphatic rings. The van der Waals surface area contributed by atoms with Crippen molar-refractivity contribution < 1.29 is 0 Å². The second-order valence-electron chi connectivity index (χ2n) is 4.01. The Morgan fingerprint density at radius 2 is 1.78 bits per heavy atom. The minimum Gasteiger partial charge on any atom is -0.192 e. The summed E-state index contributed by atoms with van der Waals surface area (Å²) in [5.74, 6) is 0. The van der Waals surface area contributed by atoms with Gasteiger partial charge >= 0.3 is 0 Å². The van der Waals surface area contributed by atoms with Gasteiger partial charge in [0.05, 0.1) is 11.6 Å². The summed E-state index contributed by atoms with van der Waals surface area (Å²) in [5, 5.41) is 9.88. The fourth-order valence-electron chi connectivity index (χ4n) is 1.75. The topological polar surface area (TPSA) is 23.8 Å². The van der Waals surface area contributed by atoms with Crippen LogP contribution in [-0.2, 0) is 0 Å². The molecule has 2 aromatic carbocycles. The Hall–Kier alpha value is -2.04. The summed E-state index contributed by atoms with van der Waals surface area (Å²) < 4.78 is 0. The van der Waals surface area contributed by atoms with Crippen molar-refractivity contribution in [2.24, 2.45) is 0 Å². The highest BCUT2D eigenvalue weighted by Gasteiger charge is 2.05. The molecule has 0 unspecified atom stereocenters. The largest absolute Gasteiger partial charge is 0.192 e. The van der Waals surface area contributed by atoms with Crippen LogP contribution < -0.4 is 0 Å². The molecule has 0 radical (unpaired) electrons. The molecule has 2 heteroatoms. The van der Waals surface area contributed by atoms with Crippen molar-refractivity contribution in [1.29, 1.82) is 5.26 Å². The third-order valence-electron chi connectivity index (χ3n) is 2.77. The van der Waals surface area contributed by atoms with Crippen molar-refractivity contribution in [1.82, 2.24) is 0 Å². The molecule has 0 aliphatic carbocycles. The number of allylic oxidation sites excluding steroid dienone is 1. The van der Waals surface area contributed by atoms with Gasteiger partial charge in [-0.1, -0.05) is 54.1 Å². The van der Waals surface area contributed by atoms with Crippen molar-refractivity contribution in [3.8, 4) is 6.07 Å². The third kappa shape index (κ3) is 2.61. The average molecular weight is 254 g/mol. The van der Waals surface area contributed by atoms with E-state index in [0.29, 0.717) is 10.6 Å². The lowest BCUT2D eigenvalue weighted by Gasteiger charge is -2.04. The lowest BCUT2D eigenvalue weighted by Crippen LogP contribution is -1.85. The molecule has 2 aromatic rings. The quantitative estimate of drug-likeness (QED) is 0.562. The van der Waals surface area contributed by atoms with E-state index in [2.05, 4.69) is 6.07 Å². The minimum absolute atomic E-state index is 0.579. The Morgan fingerprint density at radius 1 is 1.11 bits per heavy atom. The predicted molar refractivity (Wildman–Crippen MR) is 76.1 cm³/mol. The van der Waals surface area contributed by atoms with Gasteiger partial charge in [0.2, 0.25) is 0 Å². The first kappa shape index (κ1) is 12.4. The van der Waals surface area contributed by atoms with E-state index in [-0.39, 0.29) is 0 Å². The first-order valence-electron chi connectivity index (χ1n) is 5.64. The zero-order chi connectivity index (χ0) is 13.0. The first-order valence-corrected chi connectivity index (χ1v) is 6.02. The van der Waals surface area contributed by atoms with Gasteiger partial charge in [-0.3, -0.25) is 0 Å². The smallest absolute Gasteiger partial charge is 0.0998 e. The molecule has 1 nitrogen and oxygen atoms in total. The van der Waals surface area contributed by atoms with Gasteiger partial charge in [-0.25, -0.2) is 0 Å². The Bertz CT molecular complexity index is 636. The van der Waals surface area contributed by atoms with Gasteiger partial charge in [0.1, 0.15) is 0 Å². The van der Waals surface area contributed by atoms with Crippen LogP contribution in [0.15, 0.2) is 48.5 Å². The van der Waals surface area contributed by atoms with Crippen LogP contribution in [0.2, 0.25) is 5.02 Å². The molecule has 0 saturated heterocycles. The summed E-state index contributed by atoms with van der Waals surface area (Å²) in [7, 11) is 0. The molecule has 0 saturated carbocycles. The van der Waals surface area contributed by atoms with Crippen LogP contribution in [0, 0.1) is 18.3 Å². The van der Waals surface area contributed by atoms with Gasteiger partial charge in [0.15, 0.2) is 0 Å². The molecule has 0 N–H and O–H groups in total. The van der Waals surface area contributed by atoms with Gasteiger partial charge in [0.25, 0.3) is 0 Å². The SMILES string of the molecule is Cc1ccccc1C=C(C#N)c1ccccc1Cl.